The third-order valence-corrected chi connectivity index (χ3v) is 5.22. The number of benzene rings is 1. The fourth-order valence-corrected chi connectivity index (χ4v) is 3.59. The normalized spacial score (nSPS) is 17.0. The first-order chi connectivity index (χ1) is 13.7. The van der Waals surface area contributed by atoms with Gasteiger partial charge in [-0.1, -0.05) is 0 Å². The Labute approximate surface area is 164 Å². The van der Waals surface area contributed by atoms with E-state index in [2.05, 4.69) is 15.2 Å². The summed E-state index contributed by atoms with van der Waals surface area (Å²) in [6.45, 7) is 4.05. The van der Waals surface area contributed by atoms with Crippen LogP contribution in [-0.2, 0) is 22.6 Å². The molecule has 2 aliphatic heterocycles. The van der Waals surface area contributed by atoms with Crippen molar-refractivity contribution in [3.05, 3.63) is 53.9 Å². The Morgan fingerprint density at radius 2 is 1.86 bits per heavy atom. The number of aryl methyl sites for hydroxylation is 1. The molecular formula is C21H24N4O3. The summed E-state index contributed by atoms with van der Waals surface area (Å²) in [5.41, 5.74) is 3.12. The van der Waals surface area contributed by atoms with Gasteiger partial charge < -0.3 is 15.0 Å². The highest BCUT2D eigenvalue weighted by atomic mass is 16.5. The van der Waals surface area contributed by atoms with Crippen molar-refractivity contribution >= 4 is 17.5 Å². The molecule has 2 aromatic rings. The number of aromatic nitrogens is 1. The van der Waals surface area contributed by atoms with E-state index >= 15 is 0 Å². The minimum absolute atomic E-state index is 0.00887. The summed E-state index contributed by atoms with van der Waals surface area (Å²) in [6, 6.07) is 9.59. The van der Waals surface area contributed by atoms with Gasteiger partial charge in [-0.05, 0) is 47.9 Å². The maximum absolute atomic E-state index is 12.5. The molecule has 0 saturated carbocycles. The van der Waals surface area contributed by atoms with E-state index in [1.54, 1.807) is 18.5 Å². The molecule has 3 heterocycles. The number of amides is 2. The summed E-state index contributed by atoms with van der Waals surface area (Å²) in [5, 5.41) is 2.85. The molecule has 146 valence electrons. The Hall–Kier alpha value is -2.93. The van der Waals surface area contributed by atoms with E-state index in [0.29, 0.717) is 31.7 Å². The average molecular weight is 380 g/mol. The molecule has 0 unspecified atom stereocenters. The van der Waals surface area contributed by atoms with Gasteiger partial charge in [0.2, 0.25) is 5.91 Å². The van der Waals surface area contributed by atoms with Crippen LogP contribution in [0.25, 0.3) is 0 Å². The number of hydrogen-bond donors (Lipinski definition) is 1. The highest BCUT2D eigenvalue weighted by Crippen LogP contribution is 2.26. The number of nitrogens with one attached hydrogen (secondary N) is 1. The molecule has 28 heavy (non-hydrogen) atoms. The summed E-state index contributed by atoms with van der Waals surface area (Å²) in [4.78, 5) is 32.2. The first kappa shape index (κ1) is 18.4. The van der Waals surface area contributed by atoms with Crippen LogP contribution in [0.15, 0.2) is 42.7 Å². The molecule has 7 heteroatoms. The molecule has 0 aliphatic carbocycles. The van der Waals surface area contributed by atoms with Crippen molar-refractivity contribution in [3.63, 3.8) is 0 Å². The standard InChI is InChI=1S/C21H24N4O3/c26-20-4-1-17-13-18(2-3-19(17)23-20)28-15-21(27)25-11-9-24(10-12-25)14-16-5-7-22-8-6-16/h2-3,5-8,13H,1,4,9-12,14-15H2,(H,23,26). The molecule has 0 atom stereocenters. The van der Waals surface area contributed by atoms with Gasteiger partial charge in [0.15, 0.2) is 6.61 Å². The van der Waals surface area contributed by atoms with Gasteiger partial charge in [0, 0.05) is 57.2 Å². The van der Waals surface area contributed by atoms with E-state index in [1.807, 2.05) is 29.2 Å². The van der Waals surface area contributed by atoms with Crippen molar-refractivity contribution in [3.8, 4) is 5.75 Å². The maximum Gasteiger partial charge on any atom is 0.260 e. The molecular weight excluding hydrogens is 356 g/mol. The Kier molecular flexibility index (Phi) is 5.53. The highest BCUT2D eigenvalue weighted by Gasteiger charge is 2.22. The lowest BCUT2D eigenvalue weighted by molar-refractivity contribution is -0.135. The molecule has 0 spiro atoms. The summed E-state index contributed by atoms with van der Waals surface area (Å²) in [5.74, 6) is 0.716. The monoisotopic (exact) mass is 380 g/mol. The van der Waals surface area contributed by atoms with Gasteiger partial charge in [-0.2, -0.15) is 0 Å². The SMILES string of the molecule is O=C1CCc2cc(OCC(=O)N3CCN(Cc4ccncc4)CC3)ccc2N1. The molecule has 1 aromatic heterocycles. The summed E-state index contributed by atoms with van der Waals surface area (Å²) in [6.07, 6.45) is 4.80. The quantitative estimate of drug-likeness (QED) is 0.854. The van der Waals surface area contributed by atoms with E-state index in [4.69, 9.17) is 4.74 Å². The summed E-state index contributed by atoms with van der Waals surface area (Å²) >= 11 is 0. The number of nitrogens with zero attached hydrogens (tertiary/aromatic N) is 3. The third-order valence-electron chi connectivity index (χ3n) is 5.22. The van der Waals surface area contributed by atoms with Crippen LogP contribution in [0.1, 0.15) is 17.5 Å². The van der Waals surface area contributed by atoms with E-state index in [0.717, 1.165) is 30.9 Å². The van der Waals surface area contributed by atoms with Crippen LogP contribution >= 0.6 is 0 Å². The third kappa shape index (κ3) is 4.48. The van der Waals surface area contributed by atoms with E-state index < -0.39 is 0 Å². The maximum atomic E-state index is 12.5. The number of pyridine rings is 1. The van der Waals surface area contributed by atoms with Crippen molar-refractivity contribution in [2.45, 2.75) is 19.4 Å². The second kappa shape index (κ2) is 8.39. The van der Waals surface area contributed by atoms with Crippen molar-refractivity contribution < 1.29 is 14.3 Å². The van der Waals surface area contributed by atoms with Gasteiger partial charge in [0.25, 0.3) is 5.91 Å². The molecule has 1 fully saturated rings. The molecule has 1 saturated heterocycles. The van der Waals surface area contributed by atoms with Crippen LogP contribution in [-0.4, -0.2) is 59.4 Å². The smallest absolute Gasteiger partial charge is 0.260 e. The van der Waals surface area contributed by atoms with Gasteiger partial charge in [0.1, 0.15) is 5.75 Å². The van der Waals surface area contributed by atoms with E-state index in [9.17, 15) is 9.59 Å². The van der Waals surface area contributed by atoms with E-state index in [-0.39, 0.29) is 18.4 Å². The van der Waals surface area contributed by atoms with Crippen LogP contribution < -0.4 is 10.1 Å². The van der Waals surface area contributed by atoms with Gasteiger partial charge in [-0.3, -0.25) is 19.5 Å². The van der Waals surface area contributed by atoms with Gasteiger partial charge >= 0.3 is 0 Å². The average Bonchev–Trinajstić information content (AvgIpc) is 2.73. The minimum Gasteiger partial charge on any atom is -0.484 e. The molecule has 2 aliphatic rings. The molecule has 0 bridgehead atoms. The zero-order chi connectivity index (χ0) is 19.3. The van der Waals surface area contributed by atoms with Crippen molar-refractivity contribution in [2.75, 3.05) is 38.1 Å². The predicted octanol–water partition coefficient (Wildman–Crippen LogP) is 1.69. The van der Waals surface area contributed by atoms with Crippen molar-refractivity contribution in [1.29, 1.82) is 0 Å². The fraction of sp³-hybridized carbons (Fsp3) is 0.381. The number of carbonyl (C=O) groups is 2. The molecule has 7 nitrogen and oxygen atoms in total. The lowest BCUT2D eigenvalue weighted by Crippen LogP contribution is -2.49. The van der Waals surface area contributed by atoms with Gasteiger partial charge in [0.05, 0.1) is 0 Å². The zero-order valence-corrected chi connectivity index (χ0v) is 15.8. The van der Waals surface area contributed by atoms with Gasteiger partial charge in [-0.25, -0.2) is 0 Å². The Balaban J connectivity index is 1.24. The number of carbonyl (C=O) groups excluding carboxylic acids is 2. The number of rotatable bonds is 5. The first-order valence-corrected chi connectivity index (χ1v) is 9.62. The largest absolute Gasteiger partial charge is 0.484 e. The van der Waals surface area contributed by atoms with Gasteiger partial charge in [-0.15, -0.1) is 0 Å². The summed E-state index contributed by atoms with van der Waals surface area (Å²) in [7, 11) is 0. The number of fused-ring (bicyclic) bond motifs is 1. The van der Waals surface area contributed by atoms with Crippen LogP contribution in [0.3, 0.4) is 0 Å². The molecule has 1 N–H and O–H groups in total. The van der Waals surface area contributed by atoms with E-state index in [1.165, 1.54) is 5.56 Å². The molecule has 0 radical (unpaired) electrons. The topological polar surface area (TPSA) is 74.8 Å². The Morgan fingerprint density at radius 1 is 1.07 bits per heavy atom. The van der Waals surface area contributed by atoms with Crippen molar-refractivity contribution in [1.82, 2.24) is 14.8 Å². The summed E-state index contributed by atoms with van der Waals surface area (Å²) < 4.78 is 5.71. The second-order valence-corrected chi connectivity index (χ2v) is 7.17. The minimum atomic E-state index is 0.00887. The number of ether oxygens (including phenoxy) is 1. The van der Waals surface area contributed by atoms with Crippen molar-refractivity contribution in [2.24, 2.45) is 0 Å². The Morgan fingerprint density at radius 3 is 2.64 bits per heavy atom. The number of piperazine rings is 1. The predicted molar refractivity (Wildman–Crippen MR) is 105 cm³/mol. The molecule has 4 rings (SSSR count). The lowest BCUT2D eigenvalue weighted by Gasteiger charge is -2.34. The van der Waals surface area contributed by atoms with Crippen LogP contribution in [0.4, 0.5) is 5.69 Å². The second-order valence-electron chi connectivity index (χ2n) is 7.17. The molecule has 2 amide bonds. The Bertz CT molecular complexity index is 848. The van der Waals surface area contributed by atoms with Crippen LogP contribution in [0.2, 0.25) is 0 Å². The molecule has 1 aromatic carbocycles. The zero-order valence-electron chi connectivity index (χ0n) is 15.8. The lowest BCUT2D eigenvalue weighted by atomic mass is 10.0. The first-order valence-electron chi connectivity index (χ1n) is 9.62. The number of hydrogen-bond acceptors (Lipinski definition) is 5. The highest BCUT2D eigenvalue weighted by molar-refractivity contribution is 5.94. The number of anilines is 1. The fourth-order valence-electron chi connectivity index (χ4n) is 3.59. The van der Waals surface area contributed by atoms with Crippen LogP contribution in [0.5, 0.6) is 5.75 Å². The van der Waals surface area contributed by atoms with Crippen LogP contribution in [0, 0.1) is 0 Å².